The zero-order chi connectivity index (χ0) is 13.7. The first kappa shape index (κ1) is 14.2. The number of hydrogen-bond acceptors (Lipinski definition) is 5. The van der Waals surface area contributed by atoms with Gasteiger partial charge in [-0.2, -0.15) is 0 Å². The molecule has 1 aromatic rings. The summed E-state index contributed by atoms with van der Waals surface area (Å²) in [5, 5.41) is 0. The Hall–Kier alpha value is -1.17. The number of pyridine rings is 1. The van der Waals surface area contributed by atoms with Crippen LogP contribution >= 0.6 is 0 Å². The Morgan fingerprint density at radius 1 is 1.26 bits per heavy atom. The molecule has 0 bridgehead atoms. The summed E-state index contributed by atoms with van der Waals surface area (Å²) in [4.78, 5) is 9.18. The molecule has 0 aromatic carbocycles. The van der Waals surface area contributed by atoms with Crippen LogP contribution in [0.5, 0.6) is 0 Å². The first-order valence-corrected chi connectivity index (χ1v) is 7.03. The predicted molar refractivity (Wildman–Crippen MR) is 78.6 cm³/mol. The molecule has 19 heavy (non-hydrogen) atoms. The normalized spacial score (nSPS) is 17.9. The van der Waals surface area contributed by atoms with Crippen molar-refractivity contribution in [2.24, 2.45) is 11.8 Å². The molecule has 0 amide bonds. The third-order valence-corrected chi connectivity index (χ3v) is 3.47. The maximum atomic E-state index is 5.38. The van der Waals surface area contributed by atoms with E-state index in [2.05, 4.69) is 40.1 Å². The quantitative estimate of drug-likeness (QED) is 0.616. The molecular weight excluding hydrogens is 238 g/mol. The van der Waals surface area contributed by atoms with E-state index < -0.39 is 0 Å². The van der Waals surface area contributed by atoms with Crippen LogP contribution in [0.3, 0.4) is 0 Å². The molecule has 2 rings (SSSR count). The molecule has 0 spiro atoms. The zero-order valence-electron chi connectivity index (χ0n) is 12.0. The van der Waals surface area contributed by atoms with Crippen molar-refractivity contribution < 1.29 is 0 Å². The third kappa shape index (κ3) is 4.45. The standard InChI is InChI=1S/C14H25N5/c1-12(2)10-18-5-7-19(8-6-18)11-13-3-4-16-14(9-13)17-15/h3-4,9,12H,5-8,10-11,15H2,1-2H3,(H,16,17). The van der Waals surface area contributed by atoms with Crippen LogP contribution in [-0.4, -0.2) is 47.5 Å². The average molecular weight is 263 g/mol. The van der Waals surface area contributed by atoms with Crippen molar-refractivity contribution in [2.75, 3.05) is 38.1 Å². The van der Waals surface area contributed by atoms with Crippen molar-refractivity contribution in [3.63, 3.8) is 0 Å². The second-order valence-corrected chi connectivity index (χ2v) is 5.66. The predicted octanol–water partition coefficient (Wildman–Crippen LogP) is 1.14. The van der Waals surface area contributed by atoms with Gasteiger partial charge >= 0.3 is 0 Å². The van der Waals surface area contributed by atoms with Crippen LogP contribution in [0.15, 0.2) is 18.3 Å². The molecule has 0 atom stereocenters. The van der Waals surface area contributed by atoms with E-state index in [1.54, 1.807) is 6.20 Å². The number of aromatic nitrogens is 1. The van der Waals surface area contributed by atoms with Crippen LogP contribution in [0, 0.1) is 5.92 Å². The monoisotopic (exact) mass is 263 g/mol. The fourth-order valence-electron chi connectivity index (χ4n) is 2.56. The first-order valence-electron chi connectivity index (χ1n) is 7.03. The number of nitrogen functional groups attached to an aromatic ring is 1. The van der Waals surface area contributed by atoms with Crippen LogP contribution in [-0.2, 0) is 6.54 Å². The van der Waals surface area contributed by atoms with E-state index in [4.69, 9.17) is 5.84 Å². The summed E-state index contributed by atoms with van der Waals surface area (Å²) in [5.74, 6) is 6.87. The van der Waals surface area contributed by atoms with Crippen LogP contribution in [0.4, 0.5) is 5.82 Å². The number of piperazine rings is 1. The number of nitrogens with one attached hydrogen (secondary N) is 1. The second-order valence-electron chi connectivity index (χ2n) is 5.66. The van der Waals surface area contributed by atoms with Crippen LogP contribution in [0.2, 0.25) is 0 Å². The summed E-state index contributed by atoms with van der Waals surface area (Å²) in [7, 11) is 0. The molecule has 0 aliphatic carbocycles. The Morgan fingerprint density at radius 2 is 1.95 bits per heavy atom. The Balaban J connectivity index is 1.81. The lowest BCUT2D eigenvalue weighted by molar-refractivity contribution is 0.117. The van der Waals surface area contributed by atoms with Crippen molar-refractivity contribution in [3.8, 4) is 0 Å². The minimum absolute atomic E-state index is 0.732. The highest BCUT2D eigenvalue weighted by atomic mass is 15.3. The van der Waals surface area contributed by atoms with Gasteiger partial charge in [0.1, 0.15) is 5.82 Å². The van der Waals surface area contributed by atoms with E-state index in [0.717, 1.165) is 31.4 Å². The first-order chi connectivity index (χ1) is 9.17. The van der Waals surface area contributed by atoms with Gasteiger partial charge in [-0.1, -0.05) is 13.8 Å². The molecule has 2 heterocycles. The summed E-state index contributed by atoms with van der Waals surface area (Å²) < 4.78 is 0. The van der Waals surface area contributed by atoms with Crippen LogP contribution in [0.25, 0.3) is 0 Å². The molecule has 106 valence electrons. The van der Waals surface area contributed by atoms with E-state index >= 15 is 0 Å². The number of anilines is 1. The van der Waals surface area contributed by atoms with Gasteiger partial charge in [0.05, 0.1) is 0 Å². The molecule has 1 aliphatic rings. The molecule has 0 unspecified atom stereocenters. The van der Waals surface area contributed by atoms with Crippen molar-refractivity contribution >= 4 is 5.82 Å². The zero-order valence-corrected chi connectivity index (χ0v) is 12.0. The maximum absolute atomic E-state index is 5.38. The Labute approximate surface area is 115 Å². The van der Waals surface area contributed by atoms with Gasteiger partial charge in [-0.15, -0.1) is 0 Å². The number of hydrazine groups is 1. The number of hydrogen-bond donors (Lipinski definition) is 2. The maximum Gasteiger partial charge on any atom is 0.140 e. The van der Waals surface area contributed by atoms with E-state index in [-0.39, 0.29) is 0 Å². The molecule has 3 N–H and O–H groups in total. The van der Waals surface area contributed by atoms with Crippen molar-refractivity contribution in [1.29, 1.82) is 0 Å². The topological polar surface area (TPSA) is 57.4 Å². The van der Waals surface area contributed by atoms with Gasteiger partial charge in [0.25, 0.3) is 0 Å². The lowest BCUT2D eigenvalue weighted by atomic mass is 10.2. The van der Waals surface area contributed by atoms with E-state index in [0.29, 0.717) is 0 Å². The van der Waals surface area contributed by atoms with Gasteiger partial charge in [0.15, 0.2) is 0 Å². The molecule has 5 nitrogen and oxygen atoms in total. The summed E-state index contributed by atoms with van der Waals surface area (Å²) in [6.07, 6.45) is 1.81. The van der Waals surface area contributed by atoms with Gasteiger partial charge < -0.3 is 10.3 Å². The fraction of sp³-hybridized carbons (Fsp3) is 0.643. The van der Waals surface area contributed by atoms with Crippen molar-refractivity contribution in [3.05, 3.63) is 23.9 Å². The highest BCUT2D eigenvalue weighted by Crippen LogP contribution is 2.11. The molecular formula is C14H25N5. The molecule has 1 saturated heterocycles. The Morgan fingerprint density at radius 3 is 2.58 bits per heavy atom. The largest absolute Gasteiger partial charge is 0.308 e. The Kier molecular flexibility index (Phi) is 5.13. The lowest BCUT2D eigenvalue weighted by Crippen LogP contribution is -2.46. The molecule has 1 aliphatic heterocycles. The highest BCUT2D eigenvalue weighted by molar-refractivity contribution is 5.35. The SMILES string of the molecule is CC(C)CN1CCN(Cc2ccnc(NN)c2)CC1. The van der Waals surface area contributed by atoms with Crippen LogP contribution in [0.1, 0.15) is 19.4 Å². The molecule has 1 aromatic heterocycles. The van der Waals surface area contributed by atoms with Gasteiger partial charge in [-0.3, -0.25) is 4.90 Å². The Bertz CT molecular complexity index is 385. The minimum Gasteiger partial charge on any atom is -0.308 e. The molecule has 0 radical (unpaired) electrons. The van der Waals surface area contributed by atoms with Crippen LogP contribution < -0.4 is 11.3 Å². The summed E-state index contributed by atoms with van der Waals surface area (Å²) >= 11 is 0. The van der Waals surface area contributed by atoms with E-state index in [9.17, 15) is 0 Å². The minimum atomic E-state index is 0.732. The molecule has 1 fully saturated rings. The summed E-state index contributed by atoms with van der Waals surface area (Å²) in [5.41, 5.74) is 3.86. The number of nitrogens with zero attached hydrogens (tertiary/aromatic N) is 3. The fourth-order valence-corrected chi connectivity index (χ4v) is 2.56. The lowest BCUT2D eigenvalue weighted by Gasteiger charge is -2.35. The van der Waals surface area contributed by atoms with Gasteiger partial charge in [-0.25, -0.2) is 10.8 Å². The summed E-state index contributed by atoms with van der Waals surface area (Å²) in [6, 6.07) is 4.07. The van der Waals surface area contributed by atoms with Gasteiger partial charge in [0.2, 0.25) is 0 Å². The van der Waals surface area contributed by atoms with Crippen molar-refractivity contribution in [1.82, 2.24) is 14.8 Å². The number of nitrogens with two attached hydrogens (primary N) is 1. The van der Waals surface area contributed by atoms with Gasteiger partial charge in [0, 0.05) is 45.5 Å². The van der Waals surface area contributed by atoms with Crippen molar-refractivity contribution in [2.45, 2.75) is 20.4 Å². The molecule has 5 heteroatoms. The smallest absolute Gasteiger partial charge is 0.140 e. The number of rotatable bonds is 5. The van der Waals surface area contributed by atoms with E-state index in [1.807, 2.05) is 6.07 Å². The highest BCUT2D eigenvalue weighted by Gasteiger charge is 2.17. The molecule has 0 saturated carbocycles. The van der Waals surface area contributed by atoms with Gasteiger partial charge in [-0.05, 0) is 23.6 Å². The third-order valence-electron chi connectivity index (χ3n) is 3.47. The summed E-state index contributed by atoms with van der Waals surface area (Å²) in [6.45, 7) is 11.4. The average Bonchev–Trinajstić information content (AvgIpc) is 2.41. The van der Waals surface area contributed by atoms with E-state index in [1.165, 1.54) is 25.2 Å². The second kappa shape index (κ2) is 6.84.